The molecule has 1 amide bonds. The molecule has 0 radical (unpaired) electrons. The van der Waals surface area contributed by atoms with E-state index in [4.69, 9.17) is 9.47 Å². The molecule has 122 valence electrons. The van der Waals surface area contributed by atoms with Gasteiger partial charge in [0.2, 0.25) is 5.91 Å². The Morgan fingerprint density at radius 2 is 2.05 bits per heavy atom. The molecule has 0 aromatic rings. The molecule has 2 heterocycles. The maximum Gasteiger partial charge on any atom is 0.239 e. The highest BCUT2D eigenvalue weighted by Crippen LogP contribution is 2.11. The number of hydrogen-bond donors (Lipinski definition) is 2. The van der Waals surface area contributed by atoms with Crippen LogP contribution < -0.4 is 10.6 Å². The second-order valence-corrected chi connectivity index (χ2v) is 6.10. The van der Waals surface area contributed by atoms with Crippen LogP contribution in [-0.4, -0.2) is 75.0 Å². The fraction of sp³-hybridized carbons (Fsp3) is 0.933. The highest BCUT2D eigenvalue weighted by molar-refractivity contribution is 5.81. The van der Waals surface area contributed by atoms with Crippen molar-refractivity contribution in [1.29, 1.82) is 0 Å². The molecule has 6 nitrogen and oxygen atoms in total. The molecule has 2 saturated heterocycles. The van der Waals surface area contributed by atoms with Gasteiger partial charge in [-0.25, -0.2) is 0 Å². The van der Waals surface area contributed by atoms with Crippen LogP contribution in [0.3, 0.4) is 0 Å². The lowest BCUT2D eigenvalue weighted by molar-refractivity contribution is -0.125. The van der Waals surface area contributed by atoms with Gasteiger partial charge in [-0.15, -0.1) is 0 Å². The Hall–Kier alpha value is -0.690. The van der Waals surface area contributed by atoms with Crippen LogP contribution in [0.4, 0.5) is 0 Å². The molecule has 0 aliphatic carbocycles. The van der Waals surface area contributed by atoms with Crippen molar-refractivity contribution in [2.45, 2.75) is 44.9 Å². The molecule has 2 aliphatic rings. The summed E-state index contributed by atoms with van der Waals surface area (Å²) in [7, 11) is 0. The molecule has 3 unspecified atom stereocenters. The molecule has 6 heteroatoms. The van der Waals surface area contributed by atoms with Crippen LogP contribution in [0.25, 0.3) is 0 Å². The molecule has 2 rings (SSSR count). The molecule has 0 bridgehead atoms. The number of nitrogens with zero attached hydrogens (tertiary/aromatic N) is 1. The first-order valence-corrected chi connectivity index (χ1v) is 8.12. The highest BCUT2D eigenvalue weighted by atomic mass is 16.5. The molecule has 21 heavy (non-hydrogen) atoms. The van der Waals surface area contributed by atoms with Gasteiger partial charge in [-0.1, -0.05) is 0 Å². The average molecular weight is 299 g/mol. The van der Waals surface area contributed by atoms with Gasteiger partial charge in [-0.05, 0) is 33.2 Å². The largest absolute Gasteiger partial charge is 0.378 e. The van der Waals surface area contributed by atoms with Crippen molar-refractivity contribution >= 4 is 5.91 Å². The zero-order chi connectivity index (χ0) is 15.1. The lowest BCUT2D eigenvalue weighted by atomic mass is 10.2. The van der Waals surface area contributed by atoms with Gasteiger partial charge in [0.25, 0.3) is 0 Å². The number of amides is 1. The Bertz CT molecular complexity index is 311. The summed E-state index contributed by atoms with van der Waals surface area (Å²) < 4.78 is 11.0. The van der Waals surface area contributed by atoms with Gasteiger partial charge in [0.1, 0.15) is 6.04 Å². The lowest BCUT2D eigenvalue weighted by Gasteiger charge is -2.35. The molecule has 2 aliphatic heterocycles. The fourth-order valence-corrected chi connectivity index (χ4v) is 3.00. The summed E-state index contributed by atoms with van der Waals surface area (Å²) in [4.78, 5) is 14.3. The summed E-state index contributed by atoms with van der Waals surface area (Å²) in [6, 6.07) is -0.181. The third-order valence-corrected chi connectivity index (χ3v) is 3.93. The Kier molecular flexibility index (Phi) is 6.89. The van der Waals surface area contributed by atoms with E-state index in [1.54, 1.807) is 0 Å². The quantitative estimate of drug-likeness (QED) is 0.675. The first-order valence-electron chi connectivity index (χ1n) is 8.12. The minimum Gasteiger partial charge on any atom is -0.378 e. The summed E-state index contributed by atoms with van der Waals surface area (Å²) >= 11 is 0. The first-order chi connectivity index (χ1) is 10.1. The second kappa shape index (κ2) is 8.68. The van der Waals surface area contributed by atoms with Crippen LogP contribution in [0, 0.1) is 0 Å². The Labute approximate surface area is 127 Å². The molecule has 0 aromatic heterocycles. The number of hydrogen-bond acceptors (Lipinski definition) is 5. The van der Waals surface area contributed by atoms with Crippen LogP contribution in [0.5, 0.6) is 0 Å². The zero-order valence-electron chi connectivity index (χ0n) is 13.3. The Morgan fingerprint density at radius 1 is 1.29 bits per heavy atom. The second-order valence-electron chi connectivity index (χ2n) is 6.10. The molecule has 2 fully saturated rings. The molecular formula is C15H29N3O3. The van der Waals surface area contributed by atoms with Gasteiger partial charge >= 0.3 is 0 Å². The normalized spacial score (nSPS) is 31.0. The van der Waals surface area contributed by atoms with Crippen LogP contribution in [-0.2, 0) is 14.3 Å². The monoisotopic (exact) mass is 299 g/mol. The minimum absolute atomic E-state index is 0.0586. The molecular weight excluding hydrogens is 270 g/mol. The SMILES string of the molecule is CC1CN(CCCCNC(=O)C2COCCN2)CC(C)O1. The lowest BCUT2D eigenvalue weighted by Crippen LogP contribution is -2.51. The van der Waals surface area contributed by atoms with Gasteiger partial charge in [0.05, 0.1) is 25.4 Å². The van der Waals surface area contributed by atoms with Crippen molar-refractivity contribution in [3.05, 3.63) is 0 Å². The van der Waals surface area contributed by atoms with E-state index in [0.29, 0.717) is 25.4 Å². The molecule has 0 aromatic carbocycles. The summed E-state index contributed by atoms with van der Waals surface area (Å²) in [6.45, 7) is 10.0. The summed E-state index contributed by atoms with van der Waals surface area (Å²) in [5, 5.41) is 6.15. The van der Waals surface area contributed by atoms with Crippen molar-refractivity contribution in [3.63, 3.8) is 0 Å². The van der Waals surface area contributed by atoms with E-state index < -0.39 is 0 Å². The van der Waals surface area contributed by atoms with E-state index in [2.05, 4.69) is 29.4 Å². The minimum atomic E-state index is -0.181. The predicted octanol–water partition coefficient (Wildman–Crippen LogP) is -0.0196. The highest BCUT2D eigenvalue weighted by Gasteiger charge is 2.22. The third-order valence-electron chi connectivity index (χ3n) is 3.93. The fourth-order valence-electron chi connectivity index (χ4n) is 3.00. The van der Waals surface area contributed by atoms with Crippen molar-refractivity contribution in [1.82, 2.24) is 15.5 Å². The van der Waals surface area contributed by atoms with Gasteiger partial charge in [0, 0.05) is 26.2 Å². The number of morpholine rings is 2. The maximum absolute atomic E-state index is 11.9. The van der Waals surface area contributed by atoms with Crippen LogP contribution in [0.15, 0.2) is 0 Å². The standard InChI is InChI=1S/C15H29N3O3/c1-12-9-18(10-13(2)21-12)7-4-3-5-17-15(19)14-11-20-8-6-16-14/h12-14,16H,3-11H2,1-2H3,(H,17,19). The van der Waals surface area contributed by atoms with E-state index in [0.717, 1.165) is 45.6 Å². The van der Waals surface area contributed by atoms with Gasteiger partial charge in [-0.2, -0.15) is 0 Å². The number of carbonyl (C=O) groups excluding carboxylic acids is 1. The van der Waals surface area contributed by atoms with Crippen molar-refractivity contribution in [2.75, 3.05) is 45.9 Å². The maximum atomic E-state index is 11.9. The van der Waals surface area contributed by atoms with Gasteiger partial charge in [-0.3, -0.25) is 9.69 Å². The van der Waals surface area contributed by atoms with E-state index in [-0.39, 0.29) is 11.9 Å². The molecule has 2 N–H and O–H groups in total. The van der Waals surface area contributed by atoms with Crippen molar-refractivity contribution in [3.8, 4) is 0 Å². The number of nitrogens with one attached hydrogen (secondary N) is 2. The van der Waals surface area contributed by atoms with E-state index >= 15 is 0 Å². The van der Waals surface area contributed by atoms with Crippen molar-refractivity contribution < 1.29 is 14.3 Å². The number of ether oxygens (including phenoxy) is 2. The topological polar surface area (TPSA) is 62.8 Å². The number of carbonyl (C=O) groups is 1. The number of unbranched alkanes of at least 4 members (excludes halogenated alkanes) is 1. The molecule has 0 spiro atoms. The zero-order valence-corrected chi connectivity index (χ0v) is 13.3. The third kappa shape index (κ3) is 5.90. The van der Waals surface area contributed by atoms with Gasteiger partial charge in [0.15, 0.2) is 0 Å². The summed E-state index contributed by atoms with van der Waals surface area (Å²) in [5.74, 6) is 0.0586. The predicted molar refractivity (Wildman–Crippen MR) is 81.3 cm³/mol. The van der Waals surface area contributed by atoms with E-state index in [1.165, 1.54) is 0 Å². The van der Waals surface area contributed by atoms with E-state index in [1.807, 2.05) is 0 Å². The van der Waals surface area contributed by atoms with Crippen molar-refractivity contribution in [2.24, 2.45) is 0 Å². The summed E-state index contributed by atoms with van der Waals surface area (Å²) in [5.41, 5.74) is 0. The Morgan fingerprint density at radius 3 is 2.71 bits per heavy atom. The summed E-state index contributed by atoms with van der Waals surface area (Å²) in [6.07, 6.45) is 2.77. The number of rotatable bonds is 6. The first kappa shape index (κ1) is 16.7. The van der Waals surface area contributed by atoms with Gasteiger partial charge < -0.3 is 20.1 Å². The van der Waals surface area contributed by atoms with Crippen LogP contribution in [0.2, 0.25) is 0 Å². The van der Waals surface area contributed by atoms with Crippen LogP contribution in [0.1, 0.15) is 26.7 Å². The molecule has 3 atom stereocenters. The average Bonchev–Trinajstić information content (AvgIpc) is 2.46. The van der Waals surface area contributed by atoms with E-state index in [9.17, 15) is 4.79 Å². The smallest absolute Gasteiger partial charge is 0.239 e. The molecule has 0 saturated carbocycles. The van der Waals surface area contributed by atoms with Crippen LogP contribution >= 0.6 is 0 Å². The Balaban J connectivity index is 1.52.